The molecule has 0 N–H and O–H groups in total. The molecule has 2 heterocycles. The molecule has 0 radical (unpaired) electrons. The quantitative estimate of drug-likeness (QED) is 0.0567. The van der Waals surface area contributed by atoms with E-state index in [1.54, 1.807) is 0 Å². The number of halogens is 1. The van der Waals surface area contributed by atoms with E-state index in [1.165, 1.54) is 95.0 Å². The second-order valence-corrected chi connectivity index (χ2v) is 19.2. The maximum absolute atomic E-state index is 3.55. The van der Waals surface area contributed by atoms with Gasteiger partial charge in [-0.15, -0.1) is 0 Å². The first-order valence-corrected chi connectivity index (χ1v) is 25.9. The lowest BCUT2D eigenvalue weighted by molar-refractivity contribution is 0.602. The van der Waals surface area contributed by atoms with E-state index in [2.05, 4.69) is 262 Å². The minimum atomic E-state index is 0.968. The van der Waals surface area contributed by atoms with Gasteiger partial charge in [0.1, 0.15) is 0 Å². The normalized spacial score (nSPS) is 11.4. The Bertz CT molecular complexity index is 3380. The molecule has 0 aliphatic carbocycles. The van der Waals surface area contributed by atoms with Crippen molar-refractivity contribution in [2.24, 2.45) is 0 Å². The van der Waals surface area contributed by atoms with Crippen LogP contribution in [0.1, 0.15) is 98.6 Å². The molecule has 70 heavy (non-hydrogen) atoms. The molecular weight excluding hydrogens is 915 g/mol. The Morgan fingerprint density at radius 2 is 0.757 bits per heavy atom. The largest absolute Gasteiger partial charge is 0.340 e. The first-order valence-electron chi connectivity index (χ1n) is 25.1. The number of aryl methyl sites for hydroxylation is 2. The van der Waals surface area contributed by atoms with E-state index in [-0.39, 0.29) is 0 Å². The van der Waals surface area contributed by atoms with Crippen LogP contribution < -0.4 is 4.90 Å². The fraction of sp³-hybridized carbons (Fsp3) is 0.182. The number of rotatable bonds is 15. The van der Waals surface area contributed by atoms with Crippen LogP contribution in [-0.2, 0) is 13.1 Å². The molecule has 0 saturated heterocycles. The molecule has 10 rings (SSSR count). The maximum Gasteiger partial charge on any atom is 0.0492 e. The average molecular weight is 973 g/mol. The number of nitrogens with zero attached hydrogens (tertiary/aromatic N) is 3. The van der Waals surface area contributed by atoms with Crippen molar-refractivity contribution in [1.82, 2.24) is 9.13 Å². The first-order chi connectivity index (χ1) is 34.5. The van der Waals surface area contributed by atoms with Gasteiger partial charge in [-0.25, -0.2) is 0 Å². The van der Waals surface area contributed by atoms with Crippen molar-refractivity contribution in [1.29, 1.82) is 0 Å². The topological polar surface area (TPSA) is 13.1 Å². The fourth-order valence-corrected chi connectivity index (χ4v) is 10.0. The Balaban J connectivity index is 0.920. The van der Waals surface area contributed by atoms with Gasteiger partial charge in [-0.1, -0.05) is 165 Å². The van der Waals surface area contributed by atoms with Gasteiger partial charge in [0.15, 0.2) is 0 Å². The predicted octanol–water partition coefficient (Wildman–Crippen LogP) is 18.3. The number of para-hydroxylation sites is 2. The number of hydrogen-bond donors (Lipinski definition) is 0. The van der Waals surface area contributed by atoms with Gasteiger partial charge in [0, 0.05) is 100 Å². The summed E-state index contributed by atoms with van der Waals surface area (Å²) in [4.78, 5) is 2.30. The van der Waals surface area contributed by atoms with Crippen molar-refractivity contribution in [2.45, 2.75) is 78.3 Å². The minimum Gasteiger partial charge on any atom is -0.340 e. The Labute approximate surface area is 422 Å². The predicted molar refractivity (Wildman–Crippen MR) is 303 cm³/mol. The Morgan fingerprint density at radius 3 is 1.20 bits per heavy atom. The highest BCUT2D eigenvalue weighted by Gasteiger charge is 2.15. The van der Waals surface area contributed by atoms with Gasteiger partial charge in [-0.2, -0.15) is 0 Å². The summed E-state index contributed by atoms with van der Waals surface area (Å²) in [5.74, 6) is 13.9. The highest BCUT2D eigenvalue weighted by Crippen LogP contribution is 2.36. The van der Waals surface area contributed by atoms with Crippen molar-refractivity contribution in [3.8, 4) is 23.7 Å². The molecule has 0 aliphatic rings. The molecule has 0 saturated carbocycles. The molecule has 0 aliphatic heterocycles. The van der Waals surface area contributed by atoms with E-state index in [0.717, 1.165) is 68.0 Å². The zero-order valence-corrected chi connectivity index (χ0v) is 41.9. The van der Waals surface area contributed by atoms with Crippen LogP contribution in [0.5, 0.6) is 0 Å². The van der Waals surface area contributed by atoms with Crippen molar-refractivity contribution < 1.29 is 0 Å². The van der Waals surface area contributed by atoms with E-state index in [9.17, 15) is 0 Å². The summed E-state index contributed by atoms with van der Waals surface area (Å²) in [5.41, 5.74) is 14.6. The smallest absolute Gasteiger partial charge is 0.0492 e. The minimum absolute atomic E-state index is 0.968. The van der Waals surface area contributed by atoms with Gasteiger partial charge >= 0.3 is 0 Å². The summed E-state index contributed by atoms with van der Waals surface area (Å²) >= 11 is 3.55. The Hall–Kier alpha value is -7.50. The molecule has 10 aromatic rings. The highest BCUT2D eigenvalue weighted by molar-refractivity contribution is 9.10. The van der Waals surface area contributed by atoms with Crippen LogP contribution in [-0.4, -0.2) is 9.13 Å². The van der Waals surface area contributed by atoms with Gasteiger partial charge in [-0.05, 0) is 145 Å². The van der Waals surface area contributed by atoms with Crippen molar-refractivity contribution in [3.63, 3.8) is 0 Å². The van der Waals surface area contributed by atoms with E-state index >= 15 is 0 Å². The maximum atomic E-state index is 3.55. The molecule has 0 unspecified atom stereocenters. The first kappa shape index (κ1) is 46.2. The number of benzene rings is 8. The summed E-state index contributed by atoms with van der Waals surface area (Å²) in [5, 5.41) is 5.12. The molecule has 0 atom stereocenters. The molecule has 344 valence electrons. The standard InChI is InChI=1S/C66H58BrN3/c1-3-5-7-13-45-68-63-17-11-9-15-59(63)61-47-53(33-43-65(61)68)23-21-51-29-39-57(40-30-51)70(56-37-27-50(28-38-56)20-19-49-25-35-55(67)36-26-49)58-41-31-52(32-42-58)22-24-54-34-44-66-62(48-54)60-16-10-12-18-64(60)69(66)46-14-8-6-4-2/h9-12,15-20,25-44,47-48H,3-8,13-14,45-46H2,1-2H3/b20-19+. The van der Waals surface area contributed by atoms with E-state index < -0.39 is 0 Å². The molecule has 0 amide bonds. The summed E-state index contributed by atoms with van der Waals surface area (Å²) in [6.45, 7) is 6.61. The third-order valence-electron chi connectivity index (χ3n) is 13.5. The third-order valence-corrected chi connectivity index (χ3v) is 14.0. The van der Waals surface area contributed by atoms with Crippen LogP contribution in [0.4, 0.5) is 17.1 Å². The number of fused-ring (bicyclic) bond motifs is 6. The monoisotopic (exact) mass is 971 g/mol. The zero-order valence-electron chi connectivity index (χ0n) is 40.3. The summed E-state index contributed by atoms with van der Waals surface area (Å²) < 4.78 is 6.06. The second kappa shape index (κ2) is 21.9. The van der Waals surface area contributed by atoms with Crippen molar-refractivity contribution in [2.75, 3.05) is 4.90 Å². The molecule has 8 aromatic carbocycles. The molecule has 0 fully saturated rings. The van der Waals surface area contributed by atoms with Crippen LogP contribution in [0.25, 0.3) is 55.8 Å². The lowest BCUT2D eigenvalue weighted by atomic mass is 10.1. The van der Waals surface area contributed by atoms with Crippen molar-refractivity contribution >= 4 is 88.8 Å². The molecule has 0 spiro atoms. The Morgan fingerprint density at radius 1 is 0.386 bits per heavy atom. The fourth-order valence-electron chi connectivity index (χ4n) is 9.76. The lowest BCUT2D eigenvalue weighted by Gasteiger charge is -2.25. The summed E-state index contributed by atoms with van der Waals surface area (Å²) in [7, 11) is 0. The molecule has 2 aromatic heterocycles. The Kier molecular flexibility index (Phi) is 14.4. The van der Waals surface area contributed by atoms with Gasteiger partial charge < -0.3 is 14.0 Å². The zero-order chi connectivity index (χ0) is 47.7. The number of unbranched alkanes of at least 4 members (excludes halogenated alkanes) is 6. The molecule has 4 heteroatoms. The van der Waals surface area contributed by atoms with E-state index in [0.29, 0.717) is 0 Å². The SMILES string of the molecule is CCCCCCn1c2ccccc2c2cc(C#Cc3ccc(N(c4ccc(C#Cc5ccc6c(c5)c5ccccc5n6CCCCCC)cc4)c4ccc(/C=C/c5ccc(Br)cc5)cc4)cc3)ccc21. The second-order valence-electron chi connectivity index (χ2n) is 18.3. The molecule has 0 bridgehead atoms. The summed E-state index contributed by atoms with van der Waals surface area (Å²) in [6.07, 6.45) is 14.3. The third kappa shape index (κ3) is 10.4. The van der Waals surface area contributed by atoms with Gasteiger partial charge in [0.05, 0.1) is 0 Å². The number of aromatic nitrogens is 2. The molecule has 3 nitrogen and oxygen atoms in total. The van der Waals surface area contributed by atoms with E-state index in [1.807, 2.05) is 0 Å². The van der Waals surface area contributed by atoms with Crippen molar-refractivity contribution in [3.05, 3.63) is 220 Å². The lowest BCUT2D eigenvalue weighted by Crippen LogP contribution is -2.09. The number of hydrogen-bond acceptors (Lipinski definition) is 1. The molecular formula is C66H58BrN3. The van der Waals surface area contributed by atoms with Crippen LogP contribution >= 0.6 is 15.9 Å². The van der Waals surface area contributed by atoms with Crippen LogP contribution in [0.3, 0.4) is 0 Å². The average Bonchev–Trinajstić information content (AvgIpc) is 3.89. The summed E-state index contributed by atoms with van der Waals surface area (Å²) in [6, 6.07) is 65.3. The van der Waals surface area contributed by atoms with Crippen LogP contribution in [0.2, 0.25) is 0 Å². The highest BCUT2D eigenvalue weighted by atomic mass is 79.9. The van der Waals surface area contributed by atoms with Gasteiger partial charge in [-0.3, -0.25) is 0 Å². The number of anilines is 3. The van der Waals surface area contributed by atoms with Crippen LogP contribution in [0, 0.1) is 23.7 Å². The van der Waals surface area contributed by atoms with E-state index in [4.69, 9.17) is 0 Å². The van der Waals surface area contributed by atoms with Gasteiger partial charge in [0.25, 0.3) is 0 Å². The van der Waals surface area contributed by atoms with Crippen LogP contribution in [0.15, 0.2) is 186 Å². The van der Waals surface area contributed by atoms with Gasteiger partial charge in [0.2, 0.25) is 0 Å².